The lowest BCUT2D eigenvalue weighted by Gasteiger charge is -2.25. The Hall–Kier alpha value is -1.32. The van der Waals surface area contributed by atoms with E-state index in [9.17, 15) is 0 Å². The number of halogens is 1. The SMILES string of the molecule is Brc1ccc(C2CCCCO2)c(OCc2ccccc2)c1. The van der Waals surface area contributed by atoms with Crippen molar-refractivity contribution >= 4 is 15.9 Å². The first-order valence-corrected chi connectivity index (χ1v) is 8.20. The molecule has 0 bridgehead atoms. The average Bonchev–Trinajstić information content (AvgIpc) is 2.55. The molecule has 2 nitrogen and oxygen atoms in total. The van der Waals surface area contributed by atoms with Gasteiger partial charge in [0.1, 0.15) is 12.4 Å². The van der Waals surface area contributed by atoms with Gasteiger partial charge in [-0.15, -0.1) is 0 Å². The predicted octanol–water partition coefficient (Wildman–Crippen LogP) is 5.27. The van der Waals surface area contributed by atoms with Gasteiger partial charge in [-0.05, 0) is 37.0 Å². The molecule has 2 aromatic rings. The monoisotopic (exact) mass is 346 g/mol. The van der Waals surface area contributed by atoms with Crippen LogP contribution in [0.4, 0.5) is 0 Å². The summed E-state index contributed by atoms with van der Waals surface area (Å²) in [6, 6.07) is 16.4. The summed E-state index contributed by atoms with van der Waals surface area (Å²) in [5.41, 5.74) is 2.34. The summed E-state index contributed by atoms with van der Waals surface area (Å²) in [6.45, 7) is 1.43. The van der Waals surface area contributed by atoms with Gasteiger partial charge < -0.3 is 9.47 Å². The van der Waals surface area contributed by atoms with Gasteiger partial charge in [0, 0.05) is 16.6 Å². The quantitative estimate of drug-likeness (QED) is 0.750. The molecule has 0 saturated carbocycles. The second-order valence-corrected chi connectivity index (χ2v) is 6.23. The van der Waals surface area contributed by atoms with E-state index in [0.29, 0.717) is 6.61 Å². The Balaban J connectivity index is 1.77. The molecule has 0 spiro atoms. The molecular weight excluding hydrogens is 328 g/mol. The fourth-order valence-corrected chi connectivity index (χ4v) is 2.96. The third-order valence-electron chi connectivity index (χ3n) is 3.74. The van der Waals surface area contributed by atoms with Gasteiger partial charge in [-0.1, -0.05) is 52.3 Å². The van der Waals surface area contributed by atoms with Crippen LogP contribution in [0.1, 0.15) is 36.5 Å². The normalized spacial score (nSPS) is 18.4. The minimum absolute atomic E-state index is 0.164. The number of hydrogen-bond acceptors (Lipinski definition) is 2. The third-order valence-corrected chi connectivity index (χ3v) is 4.23. The van der Waals surface area contributed by atoms with Gasteiger partial charge in [0.05, 0.1) is 6.10 Å². The Bertz CT molecular complexity index is 577. The molecule has 0 radical (unpaired) electrons. The molecule has 0 aliphatic carbocycles. The summed E-state index contributed by atoms with van der Waals surface area (Å²) in [6.07, 6.45) is 3.62. The largest absolute Gasteiger partial charge is 0.488 e. The first-order valence-electron chi connectivity index (χ1n) is 7.41. The zero-order chi connectivity index (χ0) is 14.5. The topological polar surface area (TPSA) is 18.5 Å². The van der Waals surface area contributed by atoms with Crippen molar-refractivity contribution in [3.8, 4) is 5.75 Å². The molecule has 21 heavy (non-hydrogen) atoms. The fraction of sp³-hybridized carbons (Fsp3) is 0.333. The van der Waals surface area contributed by atoms with Crippen LogP contribution in [-0.4, -0.2) is 6.61 Å². The van der Waals surface area contributed by atoms with Crippen LogP contribution in [0.5, 0.6) is 5.75 Å². The molecule has 1 heterocycles. The second-order valence-electron chi connectivity index (χ2n) is 5.31. The molecule has 1 fully saturated rings. The smallest absolute Gasteiger partial charge is 0.126 e. The van der Waals surface area contributed by atoms with Crippen LogP contribution < -0.4 is 4.74 Å². The van der Waals surface area contributed by atoms with Gasteiger partial charge >= 0.3 is 0 Å². The van der Waals surface area contributed by atoms with Crippen LogP contribution in [-0.2, 0) is 11.3 Å². The second kappa shape index (κ2) is 7.10. The van der Waals surface area contributed by atoms with Crippen LogP contribution in [0.15, 0.2) is 53.0 Å². The standard InChI is InChI=1S/C18H19BrO2/c19-15-9-10-16(17-8-4-5-11-20-17)18(12-15)21-13-14-6-2-1-3-7-14/h1-3,6-7,9-10,12,17H,4-5,8,11,13H2. The molecule has 3 heteroatoms. The highest BCUT2D eigenvalue weighted by atomic mass is 79.9. The van der Waals surface area contributed by atoms with E-state index in [1.807, 2.05) is 24.3 Å². The van der Waals surface area contributed by atoms with E-state index in [2.05, 4.69) is 40.2 Å². The van der Waals surface area contributed by atoms with E-state index in [1.54, 1.807) is 0 Å². The highest BCUT2D eigenvalue weighted by Crippen LogP contribution is 2.36. The highest BCUT2D eigenvalue weighted by Gasteiger charge is 2.20. The molecule has 3 rings (SSSR count). The first-order chi connectivity index (χ1) is 10.3. The van der Waals surface area contributed by atoms with Crippen molar-refractivity contribution in [1.82, 2.24) is 0 Å². The molecule has 1 saturated heterocycles. The Morgan fingerprint density at radius 3 is 2.71 bits per heavy atom. The molecule has 1 atom stereocenters. The van der Waals surface area contributed by atoms with Gasteiger partial charge in [-0.25, -0.2) is 0 Å². The Labute approximate surface area is 134 Å². The maximum Gasteiger partial charge on any atom is 0.126 e. The fourth-order valence-electron chi connectivity index (χ4n) is 2.62. The minimum atomic E-state index is 0.164. The van der Waals surface area contributed by atoms with E-state index in [-0.39, 0.29) is 6.10 Å². The Morgan fingerprint density at radius 1 is 1.10 bits per heavy atom. The van der Waals surface area contributed by atoms with E-state index in [4.69, 9.17) is 9.47 Å². The van der Waals surface area contributed by atoms with Crippen molar-refractivity contribution in [1.29, 1.82) is 0 Å². The molecule has 110 valence electrons. The molecule has 1 aliphatic heterocycles. The van der Waals surface area contributed by atoms with Crippen LogP contribution in [0.2, 0.25) is 0 Å². The average molecular weight is 347 g/mol. The molecule has 1 aliphatic rings. The maximum atomic E-state index is 6.05. The highest BCUT2D eigenvalue weighted by molar-refractivity contribution is 9.10. The van der Waals surface area contributed by atoms with Gasteiger partial charge in [0.25, 0.3) is 0 Å². The summed E-state index contributed by atoms with van der Waals surface area (Å²) < 4.78 is 13.0. The molecule has 2 aromatic carbocycles. The van der Waals surface area contributed by atoms with Crippen LogP contribution in [0.25, 0.3) is 0 Å². The summed E-state index contributed by atoms with van der Waals surface area (Å²) in [5.74, 6) is 0.917. The van der Waals surface area contributed by atoms with Crippen LogP contribution >= 0.6 is 15.9 Å². The van der Waals surface area contributed by atoms with Crippen molar-refractivity contribution in [2.45, 2.75) is 32.0 Å². The lowest BCUT2D eigenvalue weighted by molar-refractivity contribution is 0.0131. The lowest BCUT2D eigenvalue weighted by Crippen LogP contribution is -2.13. The van der Waals surface area contributed by atoms with Crippen molar-refractivity contribution in [3.05, 3.63) is 64.1 Å². The Kier molecular flexibility index (Phi) is 4.94. The molecule has 0 aromatic heterocycles. The van der Waals surface area contributed by atoms with Crippen molar-refractivity contribution in [2.24, 2.45) is 0 Å². The molecule has 1 unspecified atom stereocenters. The zero-order valence-corrected chi connectivity index (χ0v) is 13.5. The molecule has 0 amide bonds. The maximum absolute atomic E-state index is 6.05. The number of hydrogen-bond donors (Lipinski definition) is 0. The van der Waals surface area contributed by atoms with Gasteiger partial charge in [0.15, 0.2) is 0 Å². The van der Waals surface area contributed by atoms with E-state index >= 15 is 0 Å². The van der Waals surface area contributed by atoms with Gasteiger partial charge in [0.2, 0.25) is 0 Å². The van der Waals surface area contributed by atoms with Crippen molar-refractivity contribution < 1.29 is 9.47 Å². The van der Waals surface area contributed by atoms with E-state index in [0.717, 1.165) is 35.2 Å². The number of ether oxygens (including phenoxy) is 2. The van der Waals surface area contributed by atoms with Gasteiger partial charge in [-0.2, -0.15) is 0 Å². The summed E-state index contributed by atoms with van der Waals surface area (Å²) in [7, 11) is 0. The number of benzene rings is 2. The summed E-state index contributed by atoms with van der Waals surface area (Å²) in [4.78, 5) is 0. The molecule has 0 N–H and O–H groups in total. The third kappa shape index (κ3) is 3.86. The predicted molar refractivity (Wildman–Crippen MR) is 87.5 cm³/mol. The van der Waals surface area contributed by atoms with E-state index < -0.39 is 0 Å². The zero-order valence-electron chi connectivity index (χ0n) is 11.9. The lowest BCUT2D eigenvalue weighted by atomic mass is 10.0. The summed E-state index contributed by atoms with van der Waals surface area (Å²) >= 11 is 3.53. The first kappa shape index (κ1) is 14.6. The molecular formula is C18H19BrO2. The van der Waals surface area contributed by atoms with Crippen molar-refractivity contribution in [3.63, 3.8) is 0 Å². The summed E-state index contributed by atoms with van der Waals surface area (Å²) in [5, 5.41) is 0. The van der Waals surface area contributed by atoms with Crippen molar-refractivity contribution in [2.75, 3.05) is 6.61 Å². The van der Waals surface area contributed by atoms with E-state index in [1.165, 1.54) is 12.0 Å². The van der Waals surface area contributed by atoms with Crippen LogP contribution in [0.3, 0.4) is 0 Å². The van der Waals surface area contributed by atoms with Gasteiger partial charge in [-0.3, -0.25) is 0 Å². The Morgan fingerprint density at radius 2 is 1.95 bits per heavy atom. The van der Waals surface area contributed by atoms with Crippen LogP contribution in [0, 0.1) is 0 Å². The minimum Gasteiger partial charge on any atom is -0.488 e. The number of rotatable bonds is 4.